The minimum absolute atomic E-state index is 0.0535. The van der Waals surface area contributed by atoms with Crippen LogP contribution in [-0.2, 0) is 9.59 Å². The first-order chi connectivity index (χ1) is 11.6. The largest absolute Gasteiger partial charge is 0.342 e. The lowest BCUT2D eigenvalue weighted by molar-refractivity contribution is -0.140. The van der Waals surface area contributed by atoms with E-state index in [4.69, 9.17) is 0 Å². The van der Waals surface area contributed by atoms with Crippen LogP contribution in [-0.4, -0.2) is 70.9 Å². The minimum atomic E-state index is -0.0535. The van der Waals surface area contributed by atoms with Crippen molar-refractivity contribution in [2.24, 2.45) is 5.92 Å². The van der Waals surface area contributed by atoms with E-state index in [2.05, 4.69) is 14.9 Å². The second-order valence-corrected chi connectivity index (χ2v) is 6.52. The van der Waals surface area contributed by atoms with Crippen molar-refractivity contribution in [3.05, 3.63) is 18.5 Å². The molecule has 1 aromatic heterocycles. The van der Waals surface area contributed by atoms with Gasteiger partial charge in [-0.2, -0.15) is 0 Å². The minimum Gasteiger partial charge on any atom is -0.342 e. The molecule has 0 bridgehead atoms. The number of hydrogen-bond acceptors (Lipinski definition) is 5. The lowest BCUT2D eigenvalue weighted by atomic mass is 9.96. The Morgan fingerprint density at radius 1 is 1.00 bits per heavy atom. The maximum absolute atomic E-state index is 12.9. The van der Waals surface area contributed by atoms with Gasteiger partial charge in [-0.15, -0.1) is 0 Å². The molecule has 2 aliphatic heterocycles. The van der Waals surface area contributed by atoms with Gasteiger partial charge in [-0.3, -0.25) is 9.59 Å². The highest BCUT2D eigenvalue weighted by atomic mass is 16.2. The molecule has 1 aromatic rings. The first-order valence-electron chi connectivity index (χ1n) is 8.71. The van der Waals surface area contributed by atoms with Gasteiger partial charge in [0.15, 0.2) is 0 Å². The average molecular weight is 331 g/mol. The molecular weight excluding hydrogens is 306 g/mol. The van der Waals surface area contributed by atoms with Gasteiger partial charge in [-0.05, 0) is 25.3 Å². The Bertz CT molecular complexity index is 580. The van der Waals surface area contributed by atoms with Gasteiger partial charge in [-0.25, -0.2) is 9.97 Å². The molecule has 2 saturated heterocycles. The van der Waals surface area contributed by atoms with Crippen LogP contribution >= 0.6 is 0 Å². The van der Waals surface area contributed by atoms with Crippen LogP contribution in [0.1, 0.15) is 26.2 Å². The molecule has 3 heterocycles. The van der Waals surface area contributed by atoms with Crippen LogP contribution in [0.5, 0.6) is 0 Å². The number of anilines is 1. The quantitative estimate of drug-likeness (QED) is 0.801. The normalized spacial score (nSPS) is 22.2. The molecule has 3 rings (SSSR count). The fourth-order valence-corrected chi connectivity index (χ4v) is 3.52. The smallest absolute Gasteiger partial charge is 0.227 e. The zero-order valence-corrected chi connectivity index (χ0v) is 14.2. The van der Waals surface area contributed by atoms with Crippen molar-refractivity contribution in [3.63, 3.8) is 0 Å². The van der Waals surface area contributed by atoms with Gasteiger partial charge >= 0.3 is 0 Å². The highest BCUT2D eigenvalue weighted by Gasteiger charge is 2.31. The van der Waals surface area contributed by atoms with Crippen LogP contribution in [0.3, 0.4) is 0 Å². The Hall–Kier alpha value is -2.18. The Kier molecular flexibility index (Phi) is 5.27. The summed E-state index contributed by atoms with van der Waals surface area (Å²) in [4.78, 5) is 38.9. The molecular formula is C17H25N5O2. The van der Waals surface area contributed by atoms with E-state index in [0.29, 0.717) is 13.1 Å². The van der Waals surface area contributed by atoms with Crippen LogP contribution in [0.15, 0.2) is 18.5 Å². The molecule has 0 N–H and O–H groups in total. The third-order valence-electron chi connectivity index (χ3n) is 4.86. The molecule has 1 atom stereocenters. The summed E-state index contributed by atoms with van der Waals surface area (Å²) in [6.45, 7) is 5.98. The summed E-state index contributed by atoms with van der Waals surface area (Å²) < 4.78 is 0. The van der Waals surface area contributed by atoms with E-state index < -0.39 is 0 Å². The Balaban J connectivity index is 1.59. The van der Waals surface area contributed by atoms with E-state index in [1.165, 1.54) is 0 Å². The van der Waals surface area contributed by atoms with Gasteiger partial charge in [0.1, 0.15) is 0 Å². The third-order valence-corrected chi connectivity index (χ3v) is 4.86. The Morgan fingerprint density at radius 2 is 1.75 bits per heavy atom. The predicted molar refractivity (Wildman–Crippen MR) is 90.4 cm³/mol. The molecule has 0 saturated carbocycles. The zero-order valence-electron chi connectivity index (χ0n) is 14.2. The van der Waals surface area contributed by atoms with E-state index in [-0.39, 0.29) is 17.7 Å². The van der Waals surface area contributed by atoms with E-state index in [0.717, 1.165) is 51.4 Å². The molecule has 2 fully saturated rings. The molecule has 0 aliphatic carbocycles. The first-order valence-corrected chi connectivity index (χ1v) is 8.71. The van der Waals surface area contributed by atoms with E-state index in [1.807, 2.05) is 4.90 Å². The second-order valence-electron chi connectivity index (χ2n) is 6.52. The Morgan fingerprint density at radius 3 is 2.50 bits per heavy atom. The van der Waals surface area contributed by atoms with Crippen LogP contribution in [0.2, 0.25) is 0 Å². The molecule has 7 heteroatoms. The van der Waals surface area contributed by atoms with Crippen molar-refractivity contribution in [3.8, 4) is 0 Å². The number of piperidine rings is 1. The van der Waals surface area contributed by atoms with Crippen LogP contribution < -0.4 is 4.90 Å². The third kappa shape index (κ3) is 3.83. The van der Waals surface area contributed by atoms with Crippen molar-refractivity contribution in [1.29, 1.82) is 0 Å². The highest BCUT2D eigenvalue weighted by Crippen LogP contribution is 2.20. The second kappa shape index (κ2) is 7.59. The first kappa shape index (κ1) is 16.7. The van der Waals surface area contributed by atoms with E-state index in [1.54, 1.807) is 30.3 Å². The van der Waals surface area contributed by atoms with E-state index in [9.17, 15) is 9.59 Å². The lowest BCUT2D eigenvalue weighted by Crippen LogP contribution is -2.47. The van der Waals surface area contributed by atoms with Crippen molar-refractivity contribution < 1.29 is 9.59 Å². The van der Waals surface area contributed by atoms with Crippen molar-refractivity contribution >= 4 is 17.8 Å². The standard InChI is InChI=1S/C17H25N5O2/c1-14(23)22-8-2-5-15(13-22)16(24)20-9-4-10-21(12-11-20)17-18-6-3-7-19-17/h3,6-7,15H,2,4-5,8-13H2,1H3/t15-/m1/s1. The molecule has 0 unspecified atom stereocenters. The number of carbonyl (C=O) groups excluding carboxylic acids is 2. The number of likely N-dealkylation sites (tertiary alicyclic amines) is 1. The summed E-state index contributed by atoms with van der Waals surface area (Å²) >= 11 is 0. The molecule has 0 radical (unpaired) electrons. The molecule has 7 nitrogen and oxygen atoms in total. The molecule has 130 valence electrons. The highest BCUT2D eigenvalue weighted by molar-refractivity contribution is 5.81. The predicted octanol–water partition coefficient (Wildman–Crippen LogP) is 0.774. The molecule has 2 aliphatic rings. The molecule has 0 aromatic carbocycles. The van der Waals surface area contributed by atoms with Crippen molar-refractivity contribution in [1.82, 2.24) is 19.8 Å². The molecule has 0 spiro atoms. The van der Waals surface area contributed by atoms with Gasteiger partial charge in [0.2, 0.25) is 17.8 Å². The van der Waals surface area contributed by atoms with Gasteiger partial charge in [0.25, 0.3) is 0 Å². The zero-order chi connectivity index (χ0) is 16.9. The van der Waals surface area contributed by atoms with Gasteiger partial charge in [0, 0.05) is 58.6 Å². The monoisotopic (exact) mass is 331 g/mol. The van der Waals surface area contributed by atoms with Gasteiger partial charge in [-0.1, -0.05) is 0 Å². The number of aromatic nitrogens is 2. The van der Waals surface area contributed by atoms with Crippen LogP contribution in [0.4, 0.5) is 5.95 Å². The Labute approximate surface area is 142 Å². The summed E-state index contributed by atoms with van der Waals surface area (Å²) in [6.07, 6.45) is 6.19. The number of amides is 2. The maximum Gasteiger partial charge on any atom is 0.227 e. The number of nitrogens with zero attached hydrogens (tertiary/aromatic N) is 5. The molecule has 2 amide bonds. The molecule has 24 heavy (non-hydrogen) atoms. The summed E-state index contributed by atoms with van der Waals surface area (Å²) in [5.41, 5.74) is 0. The fraction of sp³-hybridized carbons (Fsp3) is 0.647. The number of hydrogen-bond donors (Lipinski definition) is 0. The fourth-order valence-electron chi connectivity index (χ4n) is 3.52. The SMILES string of the molecule is CC(=O)N1CCC[C@@H](C(=O)N2CCCN(c3ncccn3)CC2)C1. The van der Waals surface area contributed by atoms with Crippen molar-refractivity contribution in [2.45, 2.75) is 26.2 Å². The van der Waals surface area contributed by atoms with E-state index >= 15 is 0 Å². The summed E-state index contributed by atoms with van der Waals surface area (Å²) in [5, 5.41) is 0. The maximum atomic E-state index is 12.9. The lowest BCUT2D eigenvalue weighted by Gasteiger charge is -2.34. The van der Waals surface area contributed by atoms with Gasteiger partial charge < -0.3 is 14.7 Å². The summed E-state index contributed by atoms with van der Waals surface area (Å²) in [7, 11) is 0. The summed E-state index contributed by atoms with van der Waals surface area (Å²) in [5.74, 6) is 0.932. The van der Waals surface area contributed by atoms with Gasteiger partial charge in [0.05, 0.1) is 5.92 Å². The topological polar surface area (TPSA) is 69.6 Å². The van der Waals surface area contributed by atoms with Crippen LogP contribution in [0.25, 0.3) is 0 Å². The number of rotatable bonds is 2. The average Bonchev–Trinajstić information content (AvgIpc) is 2.88. The number of carbonyl (C=O) groups is 2. The summed E-state index contributed by atoms with van der Waals surface area (Å²) in [6, 6.07) is 1.81. The van der Waals surface area contributed by atoms with Crippen molar-refractivity contribution in [2.75, 3.05) is 44.2 Å². The van der Waals surface area contributed by atoms with Crippen LogP contribution in [0, 0.1) is 5.92 Å².